The summed E-state index contributed by atoms with van der Waals surface area (Å²) < 4.78 is 21.1. The van der Waals surface area contributed by atoms with Crippen LogP contribution in [0.4, 0.5) is 0 Å². The lowest BCUT2D eigenvalue weighted by Gasteiger charge is -2.15. The molecule has 0 aliphatic heterocycles. The van der Waals surface area contributed by atoms with Crippen LogP contribution in [0.15, 0.2) is 30.3 Å². The highest BCUT2D eigenvalue weighted by molar-refractivity contribution is 6.02. The van der Waals surface area contributed by atoms with E-state index in [9.17, 15) is 9.59 Å². The summed E-state index contributed by atoms with van der Waals surface area (Å²) in [5, 5.41) is 0. The molecule has 0 unspecified atom stereocenters. The van der Waals surface area contributed by atoms with Crippen LogP contribution in [0.2, 0.25) is 0 Å². The predicted octanol–water partition coefficient (Wildman–Crippen LogP) is 2.67. The maximum Gasteiger partial charge on any atom is 0.249 e. The molecule has 146 valence electrons. The first-order valence-electron chi connectivity index (χ1n) is 7.75. The number of hydrogen-bond acceptors (Lipinski definition) is 6. The van der Waals surface area contributed by atoms with Crippen molar-refractivity contribution >= 4 is 24.1 Å². The Morgan fingerprint density at radius 3 is 1.89 bits per heavy atom. The van der Waals surface area contributed by atoms with Crippen molar-refractivity contribution in [3.8, 4) is 23.0 Å². The molecule has 0 fully saturated rings. The maximum atomic E-state index is 12.8. The number of nitrogens with two attached hydrogens (primary N) is 1. The summed E-state index contributed by atoms with van der Waals surface area (Å²) >= 11 is 0. The molecule has 7 nitrogen and oxygen atoms in total. The molecule has 0 spiro atoms. The average Bonchev–Trinajstić information content (AvgIpc) is 2.66. The summed E-state index contributed by atoms with van der Waals surface area (Å²) in [5.41, 5.74) is 6.44. The molecular weight excluding hydrogens is 374 g/mol. The molecule has 0 aliphatic rings. The van der Waals surface area contributed by atoms with Crippen molar-refractivity contribution < 1.29 is 28.5 Å². The summed E-state index contributed by atoms with van der Waals surface area (Å²) in [4.78, 5) is 24.5. The van der Waals surface area contributed by atoms with E-state index in [0.29, 0.717) is 34.1 Å². The Bertz CT molecular complexity index is 812. The van der Waals surface area contributed by atoms with Crippen LogP contribution < -0.4 is 24.7 Å². The van der Waals surface area contributed by atoms with Crippen molar-refractivity contribution in [1.29, 1.82) is 0 Å². The summed E-state index contributed by atoms with van der Waals surface area (Å²) in [5.74, 6) is 0.660. The summed E-state index contributed by atoms with van der Waals surface area (Å²) in [7, 11) is 5.89. The molecule has 0 aliphatic carbocycles. The highest BCUT2D eigenvalue weighted by Crippen LogP contribution is 2.38. The van der Waals surface area contributed by atoms with Crippen molar-refractivity contribution in [3.63, 3.8) is 0 Å². The number of benzene rings is 2. The van der Waals surface area contributed by atoms with Gasteiger partial charge < -0.3 is 24.7 Å². The first-order chi connectivity index (χ1) is 12.5. The first kappa shape index (κ1) is 22.1. The lowest BCUT2D eigenvalue weighted by molar-refractivity contribution is 0.0989. The van der Waals surface area contributed by atoms with Crippen LogP contribution in [0.5, 0.6) is 23.0 Å². The third-order valence-electron chi connectivity index (χ3n) is 3.94. The Morgan fingerprint density at radius 1 is 0.889 bits per heavy atom. The quantitative estimate of drug-likeness (QED) is 0.690. The van der Waals surface area contributed by atoms with E-state index in [1.165, 1.54) is 28.4 Å². The molecule has 1 amide bonds. The largest absolute Gasteiger partial charge is 0.496 e. The zero-order chi connectivity index (χ0) is 19.3. The van der Waals surface area contributed by atoms with Crippen LogP contribution >= 0.6 is 12.4 Å². The van der Waals surface area contributed by atoms with Crippen LogP contribution in [0, 0.1) is 0 Å². The van der Waals surface area contributed by atoms with Crippen molar-refractivity contribution in [2.24, 2.45) is 5.73 Å². The minimum atomic E-state index is -0.628. The zero-order valence-electron chi connectivity index (χ0n) is 15.5. The molecule has 2 N–H and O–H groups in total. The molecule has 27 heavy (non-hydrogen) atoms. The fraction of sp³-hybridized carbons (Fsp3) is 0.263. The highest BCUT2D eigenvalue weighted by atomic mass is 35.5. The van der Waals surface area contributed by atoms with E-state index >= 15 is 0 Å². The number of Topliss-reactive ketones (excluding diaryl/α,β-unsaturated/α-hetero) is 1. The van der Waals surface area contributed by atoms with E-state index in [1.807, 2.05) is 0 Å². The van der Waals surface area contributed by atoms with Gasteiger partial charge in [0.2, 0.25) is 11.7 Å². The second-order valence-corrected chi connectivity index (χ2v) is 5.36. The molecular formula is C19H22ClNO6. The maximum absolute atomic E-state index is 12.8. The van der Waals surface area contributed by atoms with Crippen LogP contribution in [-0.4, -0.2) is 40.1 Å². The Kier molecular flexibility index (Phi) is 7.93. The SMILES string of the molecule is COc1cccc(C(N)=O)c1CC(=O)c1cc(OC)c(OC)c(OC)c1.Cl. The van der Waals surface area contributed by atoms with Gasteiger partial charge in [-0.25, -0.2) is 0 Å². The monoisotopic (exact) mass is 395 g/mol. The molecule has 0 saturated heterocycles. The van der Waals surface area contributed by atoms with Crippen molar-refractivity contribution in [1.82, 2.24) is 0 Å². The molecule has 8 heteroatoms. The molecule has 0 aromatic heterocycles. The third-order valence-corrected chi connectivity index (χ3v) is 3.94. The van der Waals surface area contributed by atoms with E-state index < -0.39 is 5.91 Å². The van der Waals surface area contributed by atoms with Gasteiger partial charge in [0.05, 0.1) is 28.4 Å². The Morgan fingerprint density at radius 2 is 1.44 bits per heavy atom. The van der Waals surface area contributed by atoms with Crippen molar-refractivity contribution in [3.05, 3.63) is 47.0 Å². The Balaban J connectivity index is 0.00000364. The van der Waals surface area contributed by atoms with Gasteiger partial charge in [0.1, 0.15) is 5.75 Å². The van der Waals surface area contributed by atoms with E-state index in [4.69, 9.17) is 24.7 Å². The van der Waals surface area contributed by atoms with Gasteiger partial charge in [-0.3, -0.25) is 9.59 Å². The minimum absolute atomic E-state index is 0. The van der Waals surface area contributed by atoms with E-state index in [0.717, 1.165) is 0 Å². The second-order valence-electron chi connectivity index (χ2n) is 5.36. The Labute approximate surface area is 163 Å². The number of ketones is 1. The number of ether oxygens (including phenoxy) is 4. The number of halogens is 1. The van der Waals surface area contributed by atoms with Crippen molar-refractivity contribution in [2.75, 3.05) is 28.4 Å². The smallest absolute Gasteiger partial charge is 0.249 e. The van der Waals surface area contributed by atoms with E-state index in [1.54, 1.807) is 30.3 Å². The third kappa shape index (κ3) is 4.62. The van der Waals surface area contributed by atoms with Gasteiger partial charge in [-0.1, -0.05) is 6.07 Å². The lowest BCUT2D eigenvalue weighted by Crippen LogP contribution is -2.16. The molecule has 0 atom stereocenters. The summed E-state index contributed by atoms with van der Waals surface area (Å²) in [6.45, 7) is 0. The zero-order valence-corrected chi connectivity index (χ0v) is 16.3. The number of carbonyl (C=O) groups excluding carboxylic acids is 2. The average molecular weight is 396 g/mol. The van der Waals surface area contributed by atoms with Crippen LogP contribution in [0.25, 0.3) is 0 Å². The number of carbonyl (C=O) groups is 2. The topological polar surface area (TPSA) is 97.1 Å². The predicted molar refractivity (Wildman–Crippen MR) is 103 cm³/mol. The summed E-state index contributed by atoms with van der Waals surface area (Å²) in [6, 6.07) is 7.99. The number of amides is 1. The number of methoxy groups -OCH3 is 4. The van der Waals surface area contributed by atoms with Gasteiger partial charge in [-0.2, -0.15) is 0 Å². The molecule has 0 radical (unpaired) electrons. The minimum Gasteiger partial charge on any atom is -0.496 e. The summed E-state index contributed by atoms with van der Waals surface area (Å²) in [6.07, 6.45) is -0.0685. The van der Waals surface area contributed by atoms with Crippen LogP contribution in [0.3, 0.4) is 0 Å². The molecule has 2 aromatic carbocycles. The number of hydrogen-bond donors (Lipinski definition) is 1. The highest BCUT2D eigenvalue weighted by Gasteiger charge is 2.21. The van der Waals surface area contributed by atoms with Crippen molar-refractivity contribution in [2.45, 2.75) is 6.42 Å². The van der Waals surface area contributed by atoms with Gasteiger partial charge in [-0.05, 0) is 24.3 Å². The van der Waals surface area contributed by atoms with E-state index in [2.05, 4.69) is 0 Å². The van der Waals surface area contributed by atoms with Crippen LogP contribution in [-0.2, 0) is 6.42 Å². The van der Waals surface area contributed by atoms with Gasteiger partial charge in [-0.15, -0.1) is 12.4 Å². The molecule has 2 aromatic rings. The molecule has 0 heterocycles. The van der Waals surface area contributed by atoms with Gasteiger partial charge in [0.15, 0.2) is 17.3 Å². The molecule has 0 bridgehead atoms. The fourth-order valence-corrected chi connectivity index (χ4v) is 2.67. The first-order valence-corrected chi connectivity index (χ1v) is 7.75. The fourth-order valence-electron chi connectivity index (χ4n) is 2.67. The standard InChI is InChI=1S/C19H21NO6.ClH/c1-23-15-7-5-6-12(19(20)22)13(15)10-14(21)11-8-16(24-2)18(26-4)17(9-11)25-3;/h5-9H,10H2,1-4H3,(H2,20,22);1H. The lowest BCUT2D eigenvalue weighted by atomic mass is 9.97. The van der Waals surface area contributed by atoms with Gasteiger partial charge in [0, 0.05) is 23.1 Å². The van der Waals surface area contributed by atoms with Crippen LogP contribution in [0.1, 0.15) is 26.3 Å². The Hall–Kier alpha value is -2.93. The number of primary amides is 1. The van der Waals surface area contributed by atoms with Gasteiger partial charge >= 0.3 is 0 Å². The normalized spacial score (nSPS) is 9.78. The second kappa shape index (κ2) is 9.68. The number of rotatable bonds is 8. The molecule has 0 saturated carbocycles. The van der Waals surface area contributed by atoms with E-state index in [-0.39, 0.29) is 30.2 Å². The van der Waals surface area contributed by atoms with Gasteiger partial charge in [0.25, 0.3) is 0 Å². The molecule has 2 rings (SSSR count).